The van der Waals surface area contributed by atoms with Gasteiger partial charge in [0.05, 0.1) is 0 Å². The van der Waals surface area contributed by atoms with Crippen LogP contribution in [0.5, 0.6) is 0 Å². The van der Waals surface area contributed by atoms with Gasteiger partial charge >= 0.3 is 0 Å². The SMILES string of the molecule is C=C(C)/C=C\c1cc(C#CCOCCCCCN)ccc1C. The molecule has 1 rings (SSSR count). The van der Waals surface area contributed by atoms with Crippen molar-refractivity contribution in [3.05, 3.63) is 53.1 Å². The van der Waals surface area contributed by atoms with Gasteiger partial charge in [-0.15, -0.1) is 0 Å². The lowest BCUT2D eigenvalue weighted by molar-refractivity contribution is 0.162. The van der Waals surface area contributed by atoms with Gasteiger partial charge in [-0.25, -0.2) is 0 Å². The van der Waals surface area contributed by atoms with E-state index in [-0.39, 0.29) is 0 Å². The Morgan fingerprint density at radius 3 is 2.86 bits per heavy atom. The summed E-state index contributed by atoms with van der Waals surface area (Å²) < 4.78 is 5.49. The van der Waals surface area contributed by atoms with Gasteiger partial charge in [0.25, 0.3) is 0 Å². The summed E-state index contributed by atoms with van der Waals surface area (Å²) in [7, 11) is 0. The molecule has 1 aromatic carbocycles. The molecule has 2 N–H and O–H groups in total. The predicted molar refractivity (Wildman–Crippen MR) is 95.6 cm³/mol. The largest absolute Gasteiger partial charge is 0.369 e. The summed E-state index contributed by atoms with van der Waals surface area (Å²) in [6.45, 7) is 9.96. The van der Waals surface area contributed by atoms with Crippen molar-refractivity contribution >= 4 is 6.08 Å². The number of benzene rings is 1. The molecule has 0 amide bonds. The van der Waals surface area contributed by atoms with Gasteiger partial charge < -0.3 is 10.5 Å². The Balaban J connectivity index is 2.48. The number of hydrogen-bond acceptors (Lipinski definition) is 2. The molecule has 0 radical (unpaired) electrons. The number of unbranched alkanes of at least 4 members (excludes halogenated alkanes) is 2. The first kappa shape index (κ1) is 18.2. The molecular formula is C20H27NO. The van der Waals surface area contributed by atoms with Crippen LogP contribution in [-0.2, 0) is 4.74 Å². The molecule has 2 nitrogen and oxygen atoms in total. The van der Waals surface area contributed by atoms with E-state index in [1.807, 2.05) is 19.1 Å². The Morgan fingerprint density at radius 1 is 1.32 bits per heavy atom. The minimum atomic E-state index is 0.480. The summed E-state index contributed by atoms with van der Waals surface area (Å²) in [5.41, 5.74) is 9.91. The fourth-order valence-corrected chi connectivity index (χ4v) is 1.92. The molecule has 1 aromatic rings. The topological polar surface area (TPSA) is 35.2 Å². The lowest BCUT2D eigenvalue weighted by atomic mass is 10.0. The van der Waals surface area contributed by atoms with Gasteiger partial charge in [-0.3, -0.25) is 0 Å². The minimum absolute atomic E-state index is 0.480. The molecule has 0 atom stereocenters. The first-order chi connectivity index (χ1) is 10.6. The monoisotopic (exact) mass is 297 g/mol. The molecule has 0 aliphatic heterocycles. The second kappa shape index (κ2) is 10.8. The average Bonchev–Trinajstić information content (AvgIpc) is 2.50. The zero-order valence-corrected chi connectivity index (χ0v) is 13.8. The van der Waals surface area contributed by atoms with Crippen LogP contribution >= 0.6 is 0 Å². The Kier molecular flexibility index (Phi) is 8.98. The molecule has 0 aliphatic carbocycles. The molecule has 0 spiro atoms. The lowest BCUT2D eigenvalue weighted by Gasteiger charge is -2.01. The van der Waals surface area contributed by atoms with Gasteiger partial charge in [0, 0.05) is 12.2 Å². The van der Waals surface area contributed by atoms with Crippen LogP contribution in [0.2, 0.25) is 0 Å². The quantitative estimate of drug-likeness (QED) is 0.446. The fourth-order valence-electron chi connectivity index (χ4n) is 1.92. The van der Waals surface area contributed by atoms with Crippen LogP contribution in [0.15, 0.2) is 36.4 Å². The zero-order chi connectivity index (χ0) is 16.2. The van der Waals surface area contributed by atoms with Crippen molar-refractivity contribution in [2.45, 2.75) is 33.1 Å². The molecule has 0 saturated carbocycles. The summed E-state index contributed by atoms with van der Waals surface area (Å²) in [6, 6.07) is 6.24. The summed E-state index contributed by atoms with van der Waals surface area (Å²) in [5.74, 6) is 6.22. The highest BCUT2D eigenvalue weighted by atomic mass is 16.5. The Morgan fingerprint density at radius 2 is 2.14 bits per heavy atom. The van der Waals surface area contributed by atoms with Crippen molar-refractivity contribution in [2.75, 3.05) is 19.8 Å². The molecule has 0 saturated heterocycles. The Hall–Kier alpha value is -1.82. The first-order valence-corrected chi connectivity index (χ1v) is 7.84. The van der Waals surface area contributed by atoms with Crippen LogP contribution < -0.4 is 5.73 Å². The summed E-state index contributed by atoms with van der Waals surface area (Å²) >= 11 is 0. The standard InChI is InChI=1S/C20H27NO/c1-17(2)9-12-20-16-19(11-10-18(20)3)8-7-15-22-14-6-4-5-13-21/h9-12,16H,1,4-6,13-15,21H2,2-3H3/b12-9-. The second-order valence-electron chi connectivity index (χ2n) is 5.45. The molecule has 2 heteroatoms. The smallest absolute Gasteiger partial charge is 0.108 e. The highest BCUT2D eigenvalue weighted by Gasteiger charge is 1.95. The summed E-state index contributed by atoms with van der Waals surface area (Å²) in [5, 5.41) is 0. The van der Waals surface area contributed by atoms with E-state index in [9.17, 15) is 0 Å². The van der Waals surface area contributed by atoms with E-state index in [1.54, 1.807) is 0 Å². The molecule has 0 aliphatic rings. The maximum Gasteiger partial charge on any atom is 0.108 e. The zero-order valence-electron chi connectivity index (χ0n) is 13.8. The van der Waals surface area contributed by atoms with Gasteiger partial charge in [0.2, 0.25) is 0 Å². The third-order valence-electron chi connectivity index (χ3n) is 3.23. The van der Waals surface area contributed by atoms with Crippen LogP contribution in [0.3, 0.4) is 0 Å². The van der Waals surface area contributed by atoms with Crippen molar-refractivity contribution in [3.63, 3.8) is 0 Å². The summed E-state index contributed by atoms with van der Waals surface area (Å²) in [4.78, 5) is 0. The van der Waals surface area contributed by atoms with Crippen molar-refractivity contribution in [3.8, 4) is 11.8 Å². The van der Waals surface area contributed by atoms with Crippen LogP contribution in [0.4, 0.5) is 0 Å². The molecule has 0 aromatic heterocycles. The van der Waals surface area contributed by atoms with E-state index in [1.165, 1.54) is 11.1 Å². The van der Waals surface area contributed by atoms with E-state index in [0.29, 0.717) is 6.61 Å². The lowest BCUT2D eigenvalue weighted by Crippen LogP contribution is -2.00. The molecule has 118 valence electrons. The fraction of sp³-hybridized carbons (Fsp3) is 0.400. The van der Waals surface area contributed by atoms with Crippen LogP contribution in [-0.4, -0.2) is 19.8 Å². The minimum Gasteiger partial charge on any atom is -0.369 e. The average molecular weight is 297 g/mol. The van der Waals surface area contributed by atoms with Crippen LogP contribution in [0.25, 0.3) is 6.08 Å². The number of nitrogens with two attached hydrogens (primary N) is 1. The number of hydrogen-bond donors (Lipinski definition) is 1. The van der Waals surface area contributed by atoms with Gasteiger partial charge in [-0.1, -0.05) is 42.2 Å². The Labute approximate surface area is 135 Å². The third kappa shape index (κ3) is 7.83. The van der Waals surface area contributed by atoms with Crippen LogP contribution in [0.1, 0.15) is 42.9 Å². The van der Waals surface area contributed by atoms with E-state index in [4.69, 9.17) is 10.5 Å². The number of rotatable bonds is 8. The molecule has 0 heterocycles. The molecular weight excluding hydrogens is 270 g/mol. The predicted octanol–water partition coefficient (Wildman–Crippen LogP) is 4.08. The number of allylic oxidation sites excluding steroid dienone is 2. The number of aryl methyl sites for hydroxylation is 1. The highest BCUT2D eigenvalue weighted by molar-refractivity contribution is 5.58. The summed E-state index contributed by atoms with van der Waals surface area (Å²) in [6.07, 6.45) is 7.35. The molecule has 0 fully saturated rings. The normalized spacial score (nSPS) is 10.5. The van der Waals surface area contributed by atoms with Crippen molar-refractivity contribution < 1.29 is 4.74 Å². The second-order valence-corrected chi connectivity index (χ2v) is 5.45. The van der Waals surface area contributed by atoms with E-state index < -0.39 is 0 Å². The maximum absolute atomic E-state index is 5.49. The Bertz CT molecular complexity index is 561. The van der Waals surface area contributed by atoms with Gasteiger partial charge in [0.1, 0.15) is 6.61 Å². The van der Waals surface area contributed by atoms with E-state index >= 15 is 0 Å². The van der Waals surface area contributed by atoms with Gasteiger partial charge in [-0.2, -0.15) is 0 Å². The molecule has 0 bridgehead atoms. The van der Waals surface area contributed by atoms with E-state index in [0.717, 1.165) is 43.6 Å². The third-order valence-corrected chi connectivity index (χ3v) is 3.23. The van der Waals surface area contributed by atoms with Gasteiger partial charge in [-0.05, 0) is 62.9 Å². The van der Waals surface area contributed by atoms with Gasteiger partial charge in [0.15, 0.2) is 0 Å². The van der Waals surface area contributed by atoms with Crippen LogP contribution in [0, 0.1) is 18.8 Å². The van der Waals surface area contributed by atoms with Crippen molar-refractivity contribution in [1.29, 1.82) is 0 Å². The first-order valence-electron chi connectivity index (χ1n) is 7.84. The molecule has 22 heavy (non-hydrogen) atoms. The van der Waals surface area contributed by atoms with Crippen molar-refractivity contribution in [1.82, 2.24) is 0 Å². The highest BCUT2D eigenvalue weighted by Crippen LogP contribution is 2.13. The molecule has 0 unspecified atom stereocenters. The number of ether oxygens (including phenoxy) is 1. The maximum atomic E-state index is 5.49. The van der Waals surface area contributed by atoms with E-state index in [2.05, 4.69) is 43.6 Å². The van der Waals surface area contributed by atoms with Crippen molar-refractivity contribution in [2.24, 2.45) is 5.73 Å².